The van der Waals surface area contributed by atoms with Crippen LogP contribution >= 0.6 is 35.2 Å². The lowest BCUT2D eigenvalue weighted by atomic mass is 9.90. The number of rotatable bonds is 14. The molecule has 224 valence electrons. The first-order valence-electron chi connectivity index (χ1n) is 12.2. The molecule has 39 heavy (non-hydrogen) atoms. The fraction of sp³-hybridized carbons (Fsp3) is 0.789. The SMILES string of the molecule is CCCSc1ccn(C2OC(COP(=O)(O)OP(=O)(O)OP(=O)(O)OCC3CCCCC3)C(O)C2O)c(=O)n1. The van der Waals surface area contributed by atoms with Gasteiger partial charge in [-0.2, -0.15) is 13.6 Å². The average Bonchev–Trinajstić information content (AvgIpc) is 3.13. The van der Waals surface area contributed by atoms with Gasteiger partial charge < -0.3 is 29.6 Å². The molecule has 0 aromatic carbocycles. The fourth-order valence-corrected chi connectivity index (χ4v) is 8.32. The first-order valence-corrected chi connectivity index (χ1v) is 17.6. The van der Waals surface area contributed by atoms with E-state index in [1.165, 1.54) is 24.0 Å². The molecule has 5 N–H and O–H groups in total. The number of hydrogen-bond acceptors (Lipinski definition) is 13. The maximum atomic E-state index is 12.4. The second kappa shape index (κ2) is 14.1. The van der Waals surface area contributed by atoms with Crippen LogP contribution in [0, 0.1) is 5.92 Å². The molecule has 1 aromatic rings. The Morgan fingerprint density at radius 3 is 2.21 bits per heavy atom. The van der Waals surface area contributed by atoms with Gasteiger partial charge in [-0.3, -0.25) is 13.6 Å². The monoisotopic (exact) mass is 638 g/mol. The standard InChI is InChI=1S/C19H33N2O14P3S/c1-2-10-39-15-8-9-21(19(24)20-15)18-17(23)16(22)14(33-18)12-32-37(27,28)35-38(29,30)34-36(25,26)31-11-13-6-4-3-5-7-13/h8-9,13-14,16-18,22-23H,2-7,10-12H2,1H3,(H,25,26)(H,27,28)(H,29,30). The van der Waals surface area contributed by atoms with Crippen molar-refractivity contribution in [2.24, 2.45) is 5.92 Å². The van der Waals surface area contributed by atoms with Crippen molar-refractivity contribution >= 4 is 35.2 Å². The second-order valence-corrected chi connectivity index (χ2v) is 14.8. The van der Waals surface area contributed by atoms with E-state index in [4.69, 9.17) is 9.26 Å². The number of aromatic nitrogens is 2. The molecule has 20 heteroatoms. The molecule has 1 saturated heterocycles. The van der Waals surface area contributed by atoms with Crippen LogP contribution in [-0.4, -0.2) is 71.7 Å². The van der Waals surface area contributed by atoms with Crippen LogP contribution < -0.4 is 5.69 Å². The molecule has 7 unspecified atom stereocenters. The zero-order valence-electron chi connectivity index (χ0n) is 21.0. The molecular weight excluding hydrogens is 605 g/mol. The summed E-state index contributed by atoms with van der Waals surface area (Å²) >= 11 is 1.35. The van der Waals surface area contributed by atoms with Gasteiger partial charge in [0, 0.05) is 6.20 Å². The van der Waals surface area contributed by atoms with Gasteiger partial charge in [-0.15, -0.1) is 11.8 Å². The summed E-state index contributed by atoms with van der Waals surface area (Å²) in [4.78, 5) is 45.5. The summed E-state index contributed by atoms with van der Waals surface area (Å²) in [6.07, 6.45) is 0.205. The van der Waals surface area contributed by atoms with E-state index in [1.54, 1.807) is 0 Å². The Labute approximate surface area is 228 Å². The predicted molar refractivity (Wildman–Crippen MR) is 136 cm³/mol. The van der Waals surface area contributed by atoms with Gasteiger partial charge in [0.05, 0.1) is 13.2 Å². The van der Waals surface area contributed by atoms with Gasteiger partial charge in [-0.05, 0) is 37.0 Å². The van der Waals surface area contributed by atoms with Gasteiger partial charge >= 0.3 is 29.2 Å². The van der Waals surface area contributed by atoms with Crippen molar-refractivity contribution in [1.29, 1.82) is 0 Å². The lowest BCUT2D eigenvalue weighted by molar-refractivity contribution is -0.0543. The van der Waals surface area contributed by atoms with Crippen LogP contribution in [0.3, 0.4) is 0 Å². The first-order chi connectivity index (χ1) is 18.2. The minimum absolute atomic E-state index is 0.0457. The maximum absolute atomic E-state index is 12.4. The molecule has 7 atom stereocenters. The third-order valence-electron chi connectivity index (χ3n) is 5.88. The smallest absolute Gasteiger partial charge is 0.387 e. The maximum Gasteiger partial charge on any atom is 0.490 e. The van der Waals surface area contributed by atoms with Crippen LogP contribution in [0.15, 0.2) is 22.1 Å². The van der Waals surface area contributed by atoms with Crippen molar-refractivity contribution in [3.8, 4) is 0 Å². The minimum Gasteiger partial charge on any atom is -0.387 e. The second-order valence-electron chi connectivity index (χ2n) is 9.01. The molecule has 2 aliphatic rings. The number of phosphoric acid groups is 3. The topological polar surface area (TPSA) is 233 Å². The number of ether oxygens (including phenoxy) is 1. The number of aliphatic hydroxyl groups is 2. The molecule has 16 nitrogen and oxygen atoms in total. The van der Waals surface area contributed by atoms with Gasteiger partial charge in [0.15, 0.2) is 6.23 Å². The number of phosphoric ester groups is 2. The van der Waals surface area contributed by atoms with Crippen LogP contribution in [0.5, 0.6) is 0 Å². The molecule has 2 fully saturated rings. The summed E-state index contributed by atoms with van der Waals surface area (Å²) in [5.74, 6) is 0.686. The average molecular weight is 638 g/mol. The molecular formula is C19H33N2O14P3S. The number of thioether (sulfide) groups is 1. The Kier molecular flexibility index (Phi) is 12.0. The summed E-state index contributed by atoms with van der Waals surface area (Å²) in [5, 5.41) is 21.1. The molecule has 0 amide bonds. The van der Waals surface area contributed by atoms with Crippen molar-refractivity contribution < 1.29 is 61.0 Å². The highest BCUT2D eigenvalue weighted by atomic mass is 32.2. The highest BCUT2D eigenvalue weighted by molar-refractivity contribution is 7.99. The van der Waals surface area contributed by atoms with Gasteiger partial charge in [0.1, 0.15) is 23.3 Å². The quantitative estimate of drug-likeness (QED) is 0.112. The lowest BCUT2D eigenvalue weighted by Crippen LogP contribution is -2.36. The van der Waals surface area contributed by atoms with E-state index < -0.39 is 60.3 Å². The molecule has 3 rings (SSSR count). The number of aliphatic hydroxyl groups excluding tert-OH is 2. The Morgan fingerprint density at radius 2 is 1.62 bits per heavy atom. The normalized spacial score (nSPS) is 29.0. The first kappa shape index (κ1) is 33.0. The molecule has 0 bridgehead atoms. The van der Waals surface area contributed by atoms with E-state index in [9.17, 15) is 43.4 Å². The lowest BCUT2D eigenvalue weighted by Gasteiger charge is -2.23. The molecule has 1 saturated carbocycles. The van der Waals surface area contributed by atoms with Crippen LogP contribution in [-0.2, 0) is 36.1 Å². The van der Waals surface area contributed by atoms with Crippen LogP contribution in [0.25, 0.3) is 0 Å². The number of hydrogen-bond donors (Lipinski definition) is 5. The fourth-order valence-electron chi connectivity index (χ4n) is 4.02. The van der Waals surface area contributed by atoms with E-state index in [0.29, 0.717) is 5.03 Å². The third kappa shape index (κ3) is 10.1. The Balaban J connectivity index is 1.54. The highest BCUT2D eigenvalue weighted by Crippen LogP contribution is 2.67. The summed E-state index contributed by atoms with van der Waals surface area (Å²) in [6.45, 7) is 0.784. The van der Waals surface area contributed by atoms with Gasteiger partial charge in [-0.25, -0.2) is 18.5 Å². The third-order valence-corrected chi connectivity index (χ3v) is 11.3. The number of nitrogens with zero attached hydrogens (tertiary/aromatic N) is 2. The summed E-state index contributed by atoms with van der Waals surface area (Å²) in [6, 6.07) is 1.52. The van der Waals surface area contributed by atoms with Crippen molar-refractivity contribution in [1.82, 2.24) is 9.55 Å². The van der Waals surface area contributed by atoms with Crippen molar-refractivity contribution in [2.75, 3.05) is 19.0 Å². The van der Waals surface area contributed by atoms with Gasteiger partial charge in [0.2, 0.25) is 0 Å². The van der Waals surface area contributed by atoms with Crippen molar-refractivity contribution in [2.45, 2.75) is 75.0 Å². The highest BCUT2D eigenvalue weighted by Gasteiger charge is 2.47. The van der Waals surface area contributed by atoms with Gasteiger partial charge in [-0.1, -0.05) is 26.2 Å². The Morgan fingerprint density at radius 1 is 1.00 bits per heavy atom. The van der Waals surface area contributed by atoms with E-state index >= 15 is 0 Å². The Hall–Kier alpha value is -0.480. The molecule has 0 spiro atoms. The van der Waals surface area contributed by atoms with Crippen LogP contribution in [0.1, 0.15) is 51.7 Å². The molecule has 1 aliphatic heterocycles. The van der Waals surface area contributed by atoms with E-state index in [0.717, 1.165) is 48.8 Å². The van der Waals surface area contributed by atoms with Crippen molar-refractivity contribution in [3.05, 3.63) is 22.7 Å². The van der Waals surface area contributed by atoms with E-state index in [-0.39, 0.29) is 12.5 Å². The largest absolute Gasteiger partial charge is 0.490 e. The summed E-state index contributed by atoms with van der Waals surface area (Å²) in [5.41, 5.74) is -0.775. The van der Waals surface area contributed by atoms with Crippen LogP contribution in [0.2, 0.25) is 0 Å². The minimum atomic E-state index is -5.66. The summed E-state index contributed by atoms with van der Waals surface area (Å²) < 4.78 is 60.1. The molecule has 1 aromatic heterocycles. The molecule has 0 radical (unpaired) electrons. The Bertz CT molecular complexity index is 1160. The summed E-state index contributed by atoms with van der Waals surface area (Å²) in [7, 11) is -16.2. The van der Waals surface area contributed by atoms with E-state index in [1.807, 2.05) is 6.92 Å². The van der Waals surface area contributed by atoms with E-state index in [2.05, 4.69) is 18.1 Å². The molecule has 2 heterocycles. The molecule has 1 aliphatic carbocycles. The van der Waals surface area contributed by atoms with Gasteiger partial charge in [0.25, 0.3) is 0 Å². The van der Waals surface area contributed by atoms with Crippen molar-refractivity contribution in [3.63, 3.8) is 0 Å². The zero-order valence-corrected chi connectivity index (χ0v) is 24.5. The predicted octanol–water partition coefficient (Wildman–Crippen LogP) is 2.31. The van der Waals surface area contributed by atoms with Crippen LogP contribution in [0.4, 0.5) is 0 Å². The zero-order chi connectivity index (χ0) is 28.8.